The Morgan fingerprint density at radius 2 is 2.33 bits per heavy atom. The van der Waals surface area contributed by atoms with Crippen LogP contribution in [0.15, 0.2) is 18.2 Å². The minimum Gasteiger partial charge on any atom is -0.369 e. The molecule has 4 heteroatoms. The third-order valence-electron chi connectivity index (χ3n) is 2.97. The van der Waals surface area contributed by atoms with Gasteiger partial charge in [-0.25, -0.2) is 0 Å². The van der Waals surface area contributed by atoms with Crippen LogP contribution in [-0.4, -0.2) is 25.2 Å². The van der Waals surface area contributed by atoms with E-state index in [1.165, 1.54) is 11.1 Å². The first kappa shape index (κ1) is 13.1. The molecule has 0 bridgehead atoms. The van der Waals surface area contributed by atoms with Crippen molar-refractivity contribution in [3.05, 3.63) is 29.3 Å². The van der Waals surface area contributed by atoms with Gasteiger partial charge in [-0.2, -0.15) is 0 Å². The molecule has 0 spiro atoms. The van der Waals surface area contributed by atoms with E-state index in [-0.39, 0.29) is 18.6 Å². The predicted octanol–water partition coefficient (Wildman–Crippen LogP) is 1.70. The van der Waals surface area contributed by atoms with Crippen LogP contribution < -0.4 is 10.6 Å². The summed E-state index contributed by atoms with van der Waals surface area (Å²) in [7, 11) is 0. The summed E-state index contributed by atoms with van der Waals surface area (Å²) in [5.41, 5.74) is 3.41. The average Bonchev–Trinajstić information content (AvgIpc) is 2.37. The third kappa shape index (κ3) is 3.31. The van der Waals surface area contributed by atoms with E-state index in [4.69, 9.17) is 4.74 Å². The highest BCUT2D eigenvalue weighted by Crippen LogP contribution is 2.22. The van der Waals surface area contributed by atoms with Crippen molar-refractivity contribution >= 4 is 11.6 Å². The SMILES string of the molecule is CC(C)OCC(=O)Nc1cccc2c1CNCC2. The van der Waals surface area contributed by atoms with Gasteiger partial charge >= 0.3 is 0 Å². The first-order valence-corrected chi connectivity index (χ1v) is 6.39. The van der Waals surface area contributed by atoms with Gasteiger partial charge in [0.25, 0.3) is 0 Å². The maximum atomic E-state index is 11.7. The summed E-state index contributed by atoms with van der Waals surface area (Å²) >= 11 is 0. The maximum absolute atomic E-state index is 11.7. The minimum atomic E-state index is -0.0947. The highest BCUT2D eigenvalue weighted by Gasteiger charge is 2.14. The monoisotopic (exact) mass is 248 g/mol. The van der Waals surface area contributed by atoms with Gasteiger partial charge in [0, 0.05) is 12.2 Å². The summed E-state index contributed by atoms with van der Waals surface area (Å²) in [6, 6.07) is 6.05. The summed E-state index contributed by atoms with van der Waals surface area (Å²) in [4.78, 5) is 11.7. The lowest BCUT2D eigenvalue weighted by atomic mass is 9.99. The highest BCUT2D eigenvalue weighted by molar-refractivity contribution is 5.92. The van der Waals surface area contributed by atoms with Gasteiger partial charge in [-0.3, -0.25) is 4.79 Å². The van der Waals surface area contributed by atoms with Crippen LogP contribution in [0.4, 0.5) is 5.69 Å². The molecule has 1 aromatic carbocycles. The van der Waals surface area contributed by atoms with Crippen LogP contribution in [0.1, 0.15) is 25.0 Å². The van der Waals surface area contributed by atoms with Crippen LogP contribution in [0.3, 0.4) is 0 Å². The summed E-state index contributed by atoms with van der Waals surface area (Å²) in [6.07, 6.45) is 1.09. The normalized spacial score (nSPS) is 14.4. The van der Waals surface area contributed by atoms with E-state index >= 15 is 0 Å². The molecule has 98 valence electrons. The number of hydrogen-bond acceptors (Lipinski definition) is 3. The van der Waals surface area contributed by atoms with Gasteiger partial charge in [0.05, 0.1) is 6.10 Å². The van der Waals surface area contributed by atoms with Crippen LogP contribution in [0.5, 0.6) is 0 Å². The van der Waals surface area contributed by atoms with E-state index in [0.717, 1.165) is 25.2 Å². The molecule has 18 heavy (non-hydrogen) atoms. The number of ether oxygens (including phenoxy) is 1. The zero-order chi connectivity index (χ0) is 13.0. The molecule has 0 radical (unpaired) electrons. The van der Waals surface area contributed by atoms with Crippen LogP contribution in [-0.2, 0) is 22.5 Å². The van der Waals surface area contributed by atoms with Gasteiger partial charge in [0.1, 0.15) is 6.61 Å². The molecule has 0 atom stereocenters. The molecule has 0 saturated carbocycles. The van der Waals surface area contributed by atoms with Gasteiger partial charge in [-0.1, -0.05) is 12.1 Å². The Balaban J connectivity index is 2.03. The molecule has 4 nitrogen and oxygen atoms in total. The molecule has 2 rings (SSSR count). The molecule has 1 aliphatic heterocycles. The molecule has 0 saturated heterocycles. The van der Waals surface area contributed by atoms with E-state index in [0.29, 0.717) is 0 Å². The quantitative estimate of drug-likeness (QED) is 0.852. The van der Waals surface area contributed by atoms with Crippen molar-refractivity contribution in [2.75, 3.05) is 18.5 Å². The van der Waals surface area contributed by atoms with Crippen molar-refractivity contribution in [3.63, 3.8) is 0 Å². The Bertz CT molecular complexity index is 430. The van der Waals surface area contributed by atoms with Gasteiger partial charge in [-0.15, -0.1) is 0 Å². The number of nitrogens with one attached hydrogen (secondary N) is 2. The van der Waals surface area contributed by atoms with E-state index in [1.807, 2.05) is 26.0 Å². The largest absolute Gasteiger partial charge is 0.369 e. The Morgan fingerprint density at radius 3 is 3.11 bits per heavy atom. The van der Waals surface area contributed by atoms with Crippen LogP contribution >= 0.6 is 0 Å². The van der Waals surface area contributed by atoms with Gasteiger partial charge in [0.15, 0.2) is 0 Å². The number of amides is 1. The lowest BCUT2D eigenvalue weighted by molar-refractivity contribution is -0.121. The molecule has 2 N–H and O–H groups in total. The molecule has 1 amide bonds. The highest BCUT2D eigenvalue weighted by atomic mass is 16.5. The molecule has 0 unspecified atom stereocenters. The molecule has 1 heterocycles. The first-order valence-electron chi connectivity index (χ1n) is 6.39. The van der Waals surface area contributed by atoms with Crippen molar-refractivity contribution in [2.24, 2.45) is 0 Å². The zero-order valence-electron chi connectivity index (χ0n) is 11.0. The minimum absolute atomic E-state index is 0.0714. The zero-order valence-corrected chi connectivity index (χ0v) is 11.0. The van der Waals surface area contributed by atoms with E-state index in [1.54, 1.807) is 0 Å². The Labute approximate surface area is 108 Å². The number of carbonyl (C=O) groups excluding carboxylic acids is 1. The summed E-state index contributed by atoms with van der Waals surface area (Å²) in [5.74, 6) is -0.0947. The van der Waals surface area contributed by atoms with Crippen molar-refractivity contribution < 1.29 is 9.53 Å². The molecular formula is C14H20N2O2. The van der Waals surface area contributed by atoms with E-state index in [9.17, 15) is 4.79 Å². The second-order valence-corrected chi connectivity index (χ2v) is 4.78. The number of anilines is 1. The second kappa shape index (κ2) is 5.98. The van der Waals surface area contributed by atoms with Crippen LogP contribution in [0, 0.1) is 0 Å². The first-order chi connectivity index (χ1) is 8.66. The van der Waals surface area contributed by atoms with Crippen molar-refractivity contribution in [3.8, 4) is 0 Å². The van der Waals surface area contributed by atoms with Crippen molar-refractivity contribution in [2.45, 2.75) is 32.9 Å². The smallest absolute Gasteiger partial charge is 0.250 e. The Morgan fingerprint density at radius 1 is 1.50 bits per heavy atom. The van der Waals surface area contributed by atoms with E-state index < -0.39 is 0 Å². The number of fused-ring (bicyclic) bond motifs is 1. The predicted molar refractivity (Wildman–Crippen MR) is 71.6 cm³/mol. The summed E-state index contributed by atoms with van der Waals surface area (Å²) in [5, 5.41) is 6.24. The van der Waals surface area contributed by atoms with Crippen LogP contribution in [0.2, 0.25) is 0 Å². The van der Waals surface area contributed by atoms with Crippen LogP contribution in [0.25, 0.3) is 0 Å². The lowest BCUT2D eigenvalue weighted by Crippen LogP contribution is -2.26. The van der Waals surface area contributed by atoms with Gasteiger partial charge in [-0.05, 0) is 44.0 Å². The standard InChI is InChI=1S/C14H20N2O2/c1-10(2)18-9-14(17)16-13-5-3-4-11-6-7-15-8-12(11)13/h3-5,10,15H,6-9H2,1-2H3,(H,16,17). The molecule has 0 aliphatic carbocycles. The molecule has 0 aromatic heterocycles. The fraction of sp³-hybridized carbons (Fsp3) is 0.500. The van der Waals surface area contributed by atoms with Crippen molar-refractivity contribution in [1.29, 1.82) is 0 Å². The Kier molecular flexibility index (Phi) is 4.33. The number of carbonyl (C=O) groups is 1. The lowest BCUT2D eigenvalue weighted by Gasteiger charge is -2.20. The average molecular weight is 248 g/mol. The third-order valence-corrected chi connectivity index (χ3v) is 2.97. The second-order valence-electron chi connectivity index (χ2n) is 4.78. The van der Waals surface area contributed by atoms with Gasteiger partial charge < -0.3 is 15.4 Å². The number of benzene rings is 1. The number of hydrogen-bond donors (Lipinski definition) is 2. The molecule has 0 fully saturated rings. The molecule has 1 aliphatic rings. The number of rotatable bonds is 4. The fourth-order valence-electron chi connectivity index (χ4n) is 2.06. The molecule has 1 aromatic rings. The maximum Gasteiger partial charge on any atom is 0.250 e. The van der Waals surface area contributed by atoms with Gasteiger partial charge in [0.2, 0.25) is 5.91 Å². The Hall–Kier alpha value is -1.39. The van der Waals surface area contributed by atoms with E-state index in [2.05, 4.69) is 16.7 Å². The topological polar surface area (TPSA) is 50.4 Å². The molecular weight excluding hydrogens is 228 g/mol. The fourth-order valence-corrected chi connectivity index (χ4v) is 2.06. The van der Waals surface area contributed by atoms with Crippen molar-refractivity contribution in [1.82, 2.24) is 5.32 Å². The summed E-state index contributed by atoms with van der Waals surface area (Å²) in [6.45, 7) is 5.76. The summed E-state index contributed by atoms with van der Waals surface area (Å²) < 4.78 is 5.29.